The Bertz CT molecular complexity index is 944. The fourth-order valence-electron chi connectivity index (χ4n) is 2.44. The van der Waals surface area contributed by atoms with Gasteiger partial charge in [-0.25, -0.2) is 9.07 Å². The third-order valence-corrected chi connectivity index (χ3v) is 5.10. The van der Waals surface area contributed by atoms with E-state index in [4.69, 9.17) is 10.6 Å². The molecule has 1 heterocycles. The molecule has 146 valence electrons. The van der Waals surface area contributed by atoms with Gasteiger partial charge < -0.3 is 15.9 Å². The molecule has 1 aromatic heterocycles. The molecule has 0 saturated carbocycles. The van der Waals surface area contributed by atoms with Gasteiger partial charge in [0, 0.05) is 12.1 Å². The second-order valence-electron chi connectivity index (χ2n) is 6.01. The normalized spacial score (nSPS) is 11.8. The fourth-order valence-corrected chi connectivity index (χ4v) is 3.24. The van der Waals surface area contributed by atoms with Crippen LogP contribution in [0.3, 0.4) is 0 Å². The first-order chi connectivity index (χ1) is 13.5. The van der Waals surface area contributed by atoms with Crippen molar-refractivity contribution in [2.45, 2.75) is 23.9 Å². The number of ether oxygens (including phenoxy) is 1. The maximum absolute atomic E-state index is 13.1. The van der Waals surface area contributed by atoms with Gasteiger partial charge in [0.25, 0.3) is 0 Å². The zero-order chi connectivity index (χ0) is 20.1. The number of amides is 1. The lowest BCUT2D eigenvalue weighted by molar-refractivity contribution is -0.120. The summed E-state index contributed by atoms with van der Waals surface area (Å²) < 4.78 is 19.5. The van der Waals surface area contributed by atoms with Crippen molar-refractivity contribution >= 4 is 17.7 Å². The molecule has 0 saturated heterocycles. The highest BCUT2D eigenvalue weighted by Gasteiger charge is 2.19. The summed E-state index contributed by atoms with van der Waals surface area (Å²) in [5.74, 6) is 6.72. The molecule has 1 amide bonds. The number of nitrogen functional groups attached to an aromatic ring is 1. The van der Waals surface area contributed by atoms with Crippen LogP contribution in [-0.2, 0) is 11.3 Å². The SMILES string of the molecule is COc1ccc(CNC(=O)[C@@H](C)Sc2nnc(-c3ccc(F)cc3)n2N)cc1. The highest BCUT2D eigenvalue weighted by molar-refractivity contribution is 8.00. The molecule has 0 aliphatic heterocycles. The topological polar surface area (TPSA) is 95.1 Å². The van der Waals surface area contributed by atoms with Gasteiger partial charge in [0.15, 0.2) is 5.82 Å². The van der Waals surface area contributed by atoms with Gasteiger partial charge in [-0.1, -0.05) is 23.9 Å². The van der Waals surface area contributed by atoms with Crippen molar-refractivity contribution in [3.8, 4) is 17.1 Å². The number of nitrogens with one attached hydrogen (secondary N) is 1. The molecule has 28 heavy (non-hydrogen) atoms. The first kappa shape index (κ1) is 19.7. The molecule has 9 heteroatoms. The number of nitrogens with two attached hydrogens (primary N) is 1. The molecule has 3 rings (SSSR count). The average molecular weight is 401 g/mol. The Morgan fingerprint density at radius 3 is 2.54 bits per heavy atom. The molecule has 0 spiro atoms. The second kappa shape index (κ2) is 8.75. The summed E-state index contributed by atoms with van der Waals surface area (Å²) in [5.41, 5.74) is 1.60. The van der Waals surface area contributed by atoms with Gasteiger partial charge in [-0.3, -0.25) is 4.79 Å². The number of hydrogen-bond acceptors (Lipinski definition) is 6. The highest BCUT2D eigenvalue weighted by Crippen LogP contribution is 2.25. The Morgan fingerprint density at radius 1 is 1.21 bits per heavy atom. The number of carbonyl (C=O) groups is 1. The van der Waals surface area contributed by atoms with Crippen LogP contribution >= 0.6 is 11.8 Å². The van der Waals surface area contributed by atoms with E-state index in [1.165, 1.54) is 28.6 Å². The Hall–Kier alpha value is -3.07. The molecule has 3 aromatic rings. The molecule has 0 aliphatic rings. The van der Waals surface area contributed by atoms with E-state index >= 15 is 0 Å². The first-order valence-corrected chi connectivity index (χ1v) is 9.39. The van der Waals surface area contributed by atoms with Crippen LogP contribution < -0.4 is 15.9 Å². The van der Waals surface area contributed by atoms with Crippen LogP contribution in [0, 0.1) is 5.82 Å². The predicted molar refractivity (Wildman–Crippen MR) is 106 cm³/mol. The van der Waals surface area contributed by atoms with Gasteiger partial charge in [0.05, 0.1) is 12.4 Å². The molecule has 0 fully saturated rings. The van der Waals surface area contributed by atoms with Crippen LogP contribution in [0.5, 0.6) is 5.75 Å². The highest BCUT2D eigenvalue weighted by atomic mass is 32.2. The summed E-state index contributed by atoms with van der Waals surface area (Å²) >= 11 is 1.20. The largest absolute Gasteiger partial charge is 0.497 e. The lowest BCUT2D eigenvalue weighted by atomic mass is 10.2. The van der Waals surface area contributed by atoms with E-state index in [-0.39, 0.29) is 11.7 Å². The summed E-state index contributed by atoms with van der Waals surface area (Å²) in [5, 5.41) is 10.9. The minimum absolute atomic E-state index is 0.146. The van der Waals surface area contributed by atoms with Gasteiger partial charge in [0.2, 0.25) is 11.1 Å². The zero-order valence-corrected chi connectivity index (χ0v) is 16.2. The van der Waals surface area contributed by atoms with E-state index in [9.17, 15) is 9.18 Å². The standard InChI is InChI=1S/C19H20FN5O2S/c1-12(18(26)22-11-13-3-9-16(27-2)10-4-13)28-19-24-23-17(25(19)21)14-5-7-15(20)8-6-14/h3-10,12H,11,21H2,1-2H3,(H,22,26)/t12-/m1/s1. The van der Waals surface area contributed by atoms with Gasteiger partial charge in [-0.05, 0) is 48.9 Å². The van der Waals surface area contributed by atoms with Crippen molar-refractivity contribution in [1.29, 1.82) is 0 Å². The minimum atomic E-state index is -0.425. The number of benzene rings is 2. The van der Waals surface area contributed by atoms with Crippen LogP contribution in [0.25, 0.3) is 11.4 Å². The molecular weight excluding hydrogens is 381 g/mol. The maximum atomic E-state index is 13.1. The van der Waals surface area contributed by atoms with Crippen molar-refractivity contribution in [3.05, 3.63) is 59.9 Å². The molecule has 0 radical (unpaired) electrons. The van der Waals surface area contributed by atoms with E-state index in [0.717, 1.165) is 11.3 Å². The Balaban J connectivity index is 1.60. The zero-order valence-electron chi connectivity index (χ0n) is 15.4. The lowest BCUT2D eigenvalue weighted by Gasteiger charge is -2.12. The average Bonchev–Trinajstić information content (AvgIpc) is 3.07. The van der Waals surface area contributed by atoms with E-state index in [2.05, 4.69) is 15.5 Å². The van der Waals surface area contributed by atoms with Crippen molar-refractivity contribution in [2.24, 2.45) is 0 Å². The number of nitrogens with zero attached hydrogens (tertiary/aromatic N) is 3. The number of rotatable bonds is 7. The molecule has 2 aromatic carbocycles. The van der Waals surface area contributed by atoms with E-state index < -0.39 is 5.25 Å². The maximum Gasteiger partial charge on any atom is 0.233 e. The quantitative estimate of drug-likeness (QED) is 0.467. The summed E-state index contributed by atoms with van der Waals surface area (Å²) in [7, 11) is 1.60. The Kier molecular flexibility index (Phi) is 6.15. The molecule has 3 N–H and O–H groups in total. The third-order valence-electron chi connectivity index (χ3n) is 4.04. The van der Waals surface area contributed by atoms with Crippen LogP contribution in [0.1, 0.15) is 12.5 Å². The van der Waals surface area contributed by atoms with Crippen molar-refractivity contribution in [2.75, 3.05) is 13.0 Å². The summed E-state index contributed by atoms with van der Waals surface area (Å²) in [6.45, 7) is 2.17. The van der Waals surface area contributed by atoms with Crippen molar-refractivity contribution in [3.63, 3.8) is 0 Å². The first-order valence-electron chi connectivity index (χ1n) is 8.51. The third kappa shape index (κ3) is 4.61. The number of hydrogen-bond donors (Lipinski definition) is 2. The summed E-state index contributed by atoms with van der Waals surface area (Å²) in [6.07, 6.45) is 0. The lowest BCUT2D eigenvalue weighted by Crippen LogP contribution is -2.30. The molecular formula is C19H20FN5O2S. The number of aromatic nitrogens is 3. The van der Waals surface area contributed by atoms with Gasteiger partial charge in [0.1, 0.15) is 11.6 Å². The predicted octanol–water partition coefficient (Wildman–Crippen LogP) is 2.60. The molecule has 0 bridgehead atoms. The smallest absolute Gasteiger partial charge is 0.233 e. The molecule has 0 unspecified atom stereocenters. The molecule has 0 aliphatic carbocycles. The van der Waals surface area contributed by atoms with E-state index in [0.29, 0.717) is 23.1 Å². The van der Waals surface area contributed by atoms with Crippen LogP contribution in [0.4, 0.5) is 4.39 Å². The van der Waals surface area contributed by atoms with Crippen molar-refractivity contribution < 1.29 is 13.9 Å². The van der Waals surface area contributed by atoms with Crippen LogP contribution in [0.15, 0.2) is 53.7 Å². The van der Waals surface area contributed by atoms with E-state index in [1.807, 2.05) is 24.3 Å². The summed E-state index contributed by atoms with van der Waals surface area (Å²) in [6, 6.07) is 13.3. The Morgan fingerprint density at radius 2 is 1.89 bits per heavy atom. The fraction of sp³-hybridized carbons (Fsp3) is 0.211. The van der Waals surface area contributed by atoms with E-state index in [1.54, 1.807) is 26.2 Å². The second-order valence-corrected chi connectivity index (χ2v) is 7.32. The Labute approximate surface area is 166 Å². The molecule has 7 nitrogen and oxygen atoms in total. The number of halogens is 1. The van der Waals surface area contributed by atoms with Gasteiger partial charge in [-0.2, -0.15) is 0 Å². The number of carbonyl (C=O) groups excluding carboxylic acids is 1. The van der Waals surface area contributed by atoms with Crippen molar-refractivity contribution in [1.82, 2.24) is 20.2 Å². The monoisotopic (exact) mass is 401 g/mol. The minimum Gasteiger partial charge on any atom is -0.497 e. The van der Waals surface area contributed by atoms with Gasteiger partial charge >= 0.3 is 0 Å². The van der Waals surface area contributed by atoms with Gasteiger partial charge in [-0.15, -0.1) is 10.2 Å². The summed E-state index contributed by atoms with van der Waals surface area (Å²) in [4.78, 5) is 12.4. The number of methoxy groups -OCH3 is 1. The van der Waals surface area contributed by atoms with Crippen LogP contribution in [-0.4, -0.2) is 33.1 Å². The molecule has 1 atom stereocenters. The number of thioether (sulfide) groups is 1. The van der Waals surface area contributed by atoms with Crippen LogP contribution in [0.2, 0.25) is 0 Å².